The van der Waals surface area contributed by atoms with Crippen LogP contribution in [0.1, 0.15) is 155 Å². The van der Waals surface area contributed by atoms with Gasteiger partial charge in [-0.2, -0.15) is 0 Å². The van der Waals surface area contributed by atoms with Gasteiger partial charge in [0.1, 0.15) is 0 Å². The summed E-state index contributed by atoms with van der Waals surface area (Å²) < 4.78 is 39.6. The van der Waals surface area contributed by atoms with Crippen LogP contribution < -0.4 is 0 Å². The van der Waals surface area contributed by atoms with Gasteiger partial charge in [0.05, 0.1) is 175 Å². The second-order valence-electron chi connectivity index (χ2n) is 22.9. The number of unbranched alkanes of at least 4 members (excludes halogenated alkanes) is 15. The normalized spacial score (nSPS) is 15.9. The van der Waals surface area contributed by atoms with Crippen molar-refractivity contribution in [2.45, 2.75) is 197 Å². The Morgan fingerprint density at radius 1 is 0.229 bits per heavy atom. The average molecular weight is 1390 g/mol. The highest BCUT2D eigenvalue weighted by Crippen LogP contribution is 2.27. The summed E-state index contributed by atoms with van der Waals surface area (Å²) in [7, 11) is 0. The van der Waals surface area contributed by atoms with Crippen LogP contribution in [0.15, 0.2) is 0 Å². The van der Waals surface area contributed by atoms with Crippen molar-refractivity contribution in [3.63, 3.8) is 0 Å². The molecule has 0 fully saturated rings. The molecule has 0 aliphatic rings. The Bertz CT molecular complexity index is 2450. The number of aliphatic hydroxyl groups is 1. The van der Waals surface area contributed by atoms with E-state index in [4.69, 9.17) is 33.2 Å². The van der Waals surface area contributed by atoms with Crippen LogP contribution in [0, 0.1) is 41.4 Å². The fourth-order valence-electron chi connectivity index (χ4n) is 10.1. The summed E-state index contributed by atoms with van der Waals surface area (Å²) in [6.07, 6.45) is -7.81. The molecule has 0 aromatic rings. The van der Waals surface area contributed by atoms with Crippen molar-refractivity contribution in [3.05, 3.63) is 0 Å². The minimum atomic E-state index is -2.39. The van der Waals surface area contributed by atoms with E-state index < -0.39 is 259 Å². The SMILES string of the molecule is CCCCCCCCCCCCCCCCCCOC(COC(COC(COC(COC(COC(COC(CO)C(CC(=O)O)C(=O)O)C(CC(=O)O)C(=O)O)C(CC(=O)O)C(=O)O)C(CC(=O)O)C(=O)O)C(CC(=O)O)C(=O)O)C(CC(=O)O)C(=O)O)C(CC(=O)O)C(=O)O. The summed E-state index contributed by atoms with van der Waals surface area (Å²) in [6, 6.07) is 0. The van der Waals surface area contributed by atoms with Gasteiger partial charge in [0.25, 0.3) is 0 Å². The standard InChI is InChI=1S/C60H94O36/c1-2-3-4-5-6-7-8-9-10-11-12-13-14-15-16-17-18-90-41(34(55(78)79)20-48(64)65)27-92-43(36(57(82)83)22-50(68)69)29-94-45(38(59(86)87)24-52(72)73)31-96-46(39(60(88)89)25-53(74)75)32-95-44(37(58(84)85)23-51(70)71)30-93-42(35(56(80)81)21-49(66)67)28-91-40(26-61)33(54(76)77)19-47(62)63/h33-46,61H,2-32H2,1H3,(H,62,63)(H,64,65)(H,66,67)(H,68,69)(H,70,71)(H,72,73)(H,74,75)(H,76,77)(H,78,79)(H,80,81)(H,82,83)(H,84,85)(H,86,87)(H,88,89). The maximum absolute atomic E-state index is 12.8. The molecule has 14 atom stereocenters. The zero-order valence-electron chi connectivity index (χ0n) is 53.3. The minimum absolute atomic E-state index is 0.189. The number of ether oxygens (including phenoxy) is 7. The molecule has 550 valence electrons. The molecule has 0 bridgehead atoms. The molecule has 0 radical (unpaired) electrons. The van der Waals surface area contributed by atoms with Gasteiger partial charge in [-0.25, -0.2) is 0 Å². The Kier molecular flexibility index (Phi) is 45.7. The molecular weight excluding hydrogens is 1300 g/mol. The molecule has 0 aliphatic heterocycles. The predicted octanol–water partition coefficient (Wildman–Crippen LogP) is 3.17. The lowest BCUT2D eigenvalue weighted by Gasteiger charge is -2.33. The van der Waals surface area contributed by atoms with Gasteiger partial charge in [0.2, 0.25) is 0 Å². The van der Waals surface area contributed by atoms with Crippen molar-refractivity contribution < 1.29 is 177 Å². The van der Waals surface area contributed by atoms with Crippen LogP contribution in [0.2, 0.25) is 0 Å². The van der Waals surface area contributed by atoms with Gasteiger partial charge in [0, 0.05) is 6.61 Å². The number of rotatable bonds is 65. The topological polar surface area (TPSA) is 607 Å². The minimum Gasteiger partial charge on any atom is -0.481 e. The number of carbonyl (C=O) groups is 14. The van der Waals surface area contributed by atoms with Gasteiger partial charge in [-0.05, 0) is 6.42 Å². The highest BCUT2D eigenvalue weighted by molar-refractivity contribution is 5.82. The number of carboxylic acids is 14. The van der Waals surface area contributed by atoms with Crippen molar-refractivity contribution in [3.8, 4) is 0 Å². The first-order valence-corrected chi connectivity index (χ1v) is 31.2. The molecule has 0 rings (SSSR count). The van der Waals surface area contributed by atoms with E-state index in [0.29, 0.717) is 12.8 Å². The van der Waals surface area contributed by atoms with Crippen LogP contribution in [-0.4, -0.2) is 256 Å². The van der Waals surface area contributed by atoms with Gasteiger partial charge in [-0.3, -0.25) is 67.1 Å². The molecule has 0 aromatic carbocycles. The van der Waals surface area contributed by atoms with Crippen molar-refractivity contribution in [1.82, 2.24) is 0 Å². The Hall–Kier alpha value is -7.74. The molecule has 96 heavy (non-hydrogen) atoms. The second-order valence-corrected chi connectivity index (χ2v) is 22.9. The number of hydrogen-bond acceptors (Lipinski definition) is 22. The van der Waals surface area contributed by atoms with Gasteiger partial charge in [-0.1, -0.05) is 103 Å². The van der Waals surface area contributed by atoms with E-state index >= 15 is 0 Å². The quantitative estimate of drug-likeness (QED) is 0.0389. The smallest absolute Gasteiger partial charge is 0.309 e. The molecule has 36 nitrogen and oxygen atoms in total. The number of hydrogen-bond donors (Lipinski definition) is 15. The maximum Gasteiger partial charge on any atom is 0.309 e. The fourth-order valence-corrected chi connectivity index (χ4v) is 10.1. The monoisotopic (exact) mass is 1390 g/mol. The Labute approximate surface area is 550 Å². The second kappa shape index (κ2) is 49.7. The number of aliphatic carboxylic acids is 14. The van der Waals surface area contributed by atoms with Crippen LogP contribution >= 0.6 is 0 Å². The van der Waals surface area contributed by atoms with E-state index in [1.807, 2.05) is 0 Å². The third kappa shape index (κ3) is 38.7. The first-order valence-electron chi connectivity index (χ1n) is 31.2. The lowest BCUT2D eigenvalue weighted by molar-refractivity contribution is -0.184. The summed E-state index contributed by atoms with van der Waals surface area (Å²) in [5.74, 6) is -41.8. The van der Waals surface area contributed by atoms with Crippen molar-refractivity contribution >= 4 is 83.6 Å². The van der Waals surface area contributed by atoms with Gasteiger partial charge >= 0.3 is 83.6 Å². The highest BCUT2D eigenvalue weighted by atomic mass is 16.6. The lowest BCUT2D eigenvalue weighted by Crippen LogP contribution is -2.46. The van der Waals surface area contributed by atoms with Gasteiger partial charge in [0.15, 0.2) is 0 Å². The molecule has 0 saturated heterocycles. The summed E-state index contributed by atoms with van der Waals surface area (Å²) in [6.45, 7) is -7.05. The molecule has 0 aromatic heterocycles. The Balaban J connectivity index is 7.39. The number of aliphatic hydroxyl groups excluding tert-OH is 1. The zero-order valence-corrected chi connectivity index (χ0v) is 53.3. The van der Waals surface area contributed by atoms with Gasteiger partial charge in [-0.15, -0.1) is 0 Å². The Morgan fingerprint density at radius 2 is 0.385 bits per heavy atom. The van der Waals surface area contributed by atoms with Crippen LogP contribution in [0.25, 0.3) is 0 Å². The summed E-state index contributed by atoms with van der Waals surface area (Å²) in [5, 5.41) is 149. The van der Waals surface area contributed by atoms with Crippen LogP contribution in [0.4, 0.5) is 0 Å². The summed E-state index contributed by atoms with van der Waals surface area (Å²) in [5.41, 5.74) is 0. The third-order valence-corrected chi connectivity index (χ3v) is 15.5. The first kappa shape index (κ1) is 88.3. The molecule has 0 spiro atoms. The maximum atomic E-state index is 12.8. The molecule has 14 unspecified atom stereocenters. The van der Waals surface area contributed by atoms with E-state index in [2.05, 4.69) is 6.92 Å². The van der Waals surface area contributed by atoms with Crippen LogP contribution in [-0.2, 0) is 100 Å². The van der Waals surface area contributed by atoms with E-state index in [1.165, 1.54) is 44.9 Å². The molecule has 0 amide bonds. The largest absolute Gasteiger partial charge is 0.481 e. The van der Waals surface area contributed by atoms with E-state index in [9.17, 15) is 144 Å². The fraction of sp³-hybridized carbons (Fsp3) is 0.767. The zero-order chi connectivity index (χ0) is 73.0. The van der Waals surface area contributed by atoms with E-state index in [1.54, 1.807) is 0 Å². The third-order valence-electron chi connectivity index (χ3n) is 15.5. The van der Waals surface area contributed by atoms with Crippen molar-refractivity contribution in [2.24, 2.45) is 41.4 Å². The highest BCUT2D eigenvalue weighted by Gasteiger charge is 2.43. The van der Waals surface area contributed by atoms with Crippen molar-refractivity contribution in [1.29, 1.82) is 0 Å². The van der Waals surface area contributed by atoms with Crippen molar-refractivity contribution in [2.75, 3.05) is 52.9 Å². The van der Waals surface area contributed by atoms with E-state index in [0.717, 1.165) is 44.9 Å². The lowest BCUT2D eigenvalue weighted by atomic mass is 9.95. The Morgan fingerprint density at radius 3 is 0.552 bits per heavy atom. The summed E-state index contributed by atoms with van der Waals surface area (Å²) in [4.78, 5) is 172. The molecule has 0 heterocycles. The molecule has 0 saturated carbocycles. The molecule has 15 N–H and O–H groups in total. The first-order chi connectivity index (χ1) is 45.2. The van der Waals surface area contributed by atoms with E-state index in [-0.39, 0.29) is 6.61 Å². The number of carboxylic acid groups (broad SMARTS) is 14. The average Bonchev–Trinajstić information content (AvgIpc) is 1.26. The molecular formula is C60H94O36. The summed E-state index contributed by atoms with van der Waals surface area (Å²) >= 11 is 0. The molecule has 36 heteroatoms. The van der Waals surface area contributed by atoms with Crippen LogP contribution in [0.5, 0.6) is 0 Å². The predicted molar refractivity (Wildman–Crippen MR) is 318 cm³/mol. The van der Waals surface area contributed by atoms with Gasteiger partial charge < -0.3 is 110 Å². The molecule has 0 aliphatic carbocycles. The van der Waals surface area contributed by atoms with Crippen LogP contribution in [0.3, 0.4) is 0 Å².